The molecule has 0 saturated heterocycles. The van der Waals surface area contributed by atoms with Crippen molar-refractivity contribution in [3.05, 3.63) is 0 Å². The maximum atomic E-state index is 11.6. The molecule has 0 saturated carbocycles. The van der Waals surface area contributed by atoms with Crippen LogP contribution < -0.4 is 5.73 Å². The van der Waals surface area contributed by atoms with Gasteiger partial charge < -0.3 is 10.5 Å². The second-order valence-electron chi connectivity index (χ2n) is 2.88. The highest BCUT2D eigenvalue weighted by molar-refractivity contribution is 4.60. The summed E-state index contributed by atoms with van der Waals surface area (Å²) in [6.07, 6.45) is 0.0795. The minimum absolute atomic E-state index is 0.155. The molecule has 0 spiro atoms. The second-order valence-corrected chi connectivity index (χ2v) is 2.88. The van der Waals surface area contributed by atoms with Crippen molar-refractivity contribution in [3.8, 4) is 0 Å². The Morgan fingerprint density at radius 1 is 1.36 bits per heavy atom. The number of hydrogen-bond acceptors (Lipinski definition) is 2. The molecule has 2 nitrogen and oxygen atoms in total. The van der Waals surface area contributed by atoms with E-state index in [0.717, 1.165) is 0 Å². The van der Waals surface area contributed by atoms with Gasteiger partial charge in [0.25, 0.3) is 0 Å². The standard InChI is InChI=1S/C7H15F2NO/c1-5(2)3-6(4-10)11-7(8)9/h5-7H,3-4,10H2,1-2H3. The van der Waals surface area contributed by atoms with Crippen LogP contribution in [0.3, 0.4) is 0 Å². The molecule has 1 atom stereocenters. The van der Waals surface area contributed by atoms with Crippen molar-refractivity contribution in [2.45, 2.75) is 33.0 Å². The fourth-order valence-electron chi connectivity index (χ4n) is 0.879. The van der Waals surface area contributed by atoms with Gasteiger partial charge >= 0.3 is 6.61 Å². The number of rotatable bonds is 5. The van der Waals surface area contributed by atoms with E-state index in [4.69, 9.17) is 5.73 Å². The van der Waals surface area contributed by atoms with Gasteiger partial charge in [-0.05, 0) is 12.3 Å². The topological polar surface area (TPSA) is 35.2 Å². The fourth-order valence-corrected chi connectivity index (χ4v) is 0.879. The van der Waals surface area contributed by atoms with Crippen molar-refractivity contribution in [2.24, 2.45) is 11.7 Å². The van der Waals surface area contributed by atoms with Gasteiger partial charge in [0.05, 0.1) is 6.10 Å². The summed E-state index contributed by atoms with van der Waals surface area (Å²) in [4.78, 5) is 0. The third-order valence-corrected chi connectivity index (χ3v) is 1.29. The molecule has 11 heavy (non-hydrogen) atoms. The molecule has 0 aliphatic heterocycles. The molecule has 0 radical (unpaired) electrons. The van der Waals surface area contributed by atoms with E-state index < -0.39 is 12.7 Å². The molecule has 0 aromatic rings. The predicted octanol–water partition coefficient (Wildman–Crippen LogP) is 1.60. The molecular formula is C7H15F2NO. The number of ether oxygens (including phenoxy) is 1. The Labute approximate surface area is 65.7 Å². The van der Waals surface area contributed by atoms with Gasteiger partial charge in [-0.15, -0.1) is 0 Å². The van der Waals surface area contributed by atoms with E-state index >= 15 is 0 Å². The van der Waals surface area contributed by atoms with Crippen molar-refractivity contribution in [1.82, 2.24) is 0 Å². The van der Waals surface area contributed by atoms with Gasteiger partial charge in [-0.2, -0.15) is 8.78 Å². The van der Waals surface area contributed by atoms with E-state index in [-0.39, 0.29) is 6.54 Å². The average Bonchev–Trinajstić information content (AvgIpc) is 1.84. The maximum Gasteiger partial charge on any atom is 0.345 e. The SMILES string of the molecule is CC(C)CC(CN)OC(F)F. The van der Waals surface area contributed by atoms with Crippen LogP contribution in [0.15, 0.2) is 0 Å². The second kappa shape index (κ2) is 5.43. The Kier molecular flexibility index (Phi) is 5.32. The van der Waals surface area contributed by atoms with Gasteiger partial charge in [0, 0.05) is 6.54 Å². The van der Waals surface area contributed by atoms with Crippen LogP contribution in [-0.4, -0.2) is 19.3 Å². The van der Waals surface area contributed by atoms with Gasteiger partial charge in [0.15, 0.2) is 0 Å². The lowest BCUT2D eigenvalue weighted by Gasteiger charge is -2.16. The Balaban J connectivity index is 3.58. The molecule has 0 bridgehead atoms. The van der Waals surface area contributed by atoms with Gasteiger partial charge in [-0.3, -0.25) is 0 Å². The summed E-state index contributed by atoms with van der Waals surface area (Å²) in [5.41, 5.74) is 5.21. The van der Waals surface area contributed by atoms with E-state index in [2.05, 4.69) is 4.74 Å². The molecule has 1 unspecified atom stereocenters. The molecule has 68 valence electrons. The van der Waals surface area contributed by atoms with Crippen molar-refractivity contribution >= 4 is 0 Å². The van der Waals surface area contributed by atoms with Crippen LogP contribution in [0, 0.1) is 5.92 Å². The quantitative estimate of drug-likeness (QED) is 0.675. The van der Waals surface area contributed by atoms with Gasteiger partial charge in [-0.25, -0.2) is 0 Å². The summed E-state index contributed by atoms with van der Waals surface area (Å²) in [5.74, 6) is 0.335. The largest absolute Gasteiger partial charge is 0.345 e. The number of halogens is 2. The number of hydrogen-bond donors (Lipinski definition) is 1. The summed E-state index contributed by atoms with van der Waals surface area (Å²) in [5, 5.41) is 0. The summed E-state index contributed by atoms with van der Waals surface area (Å²) in [7, 11) is 0. The third-order valence-electron chi connectivity index (χ3n) is 1.29. The van der Waals surface area contributed by atoms with Crippen molar-refractivity contribution in [1.29, 1.82) is 0 Å². The van der Waals surface area contributed by atoms with Gasteiger partial charge in [0.2, 0.25) is 0 Å². The summed E-state index contributed by atoms with van der Waals surface area (Å²) in [6.45, 7) is 1.33. The Hall–Kier alpha value is -0.220. The molecule has 0 aromatic carbocycles. The maximum absolute atomic E-state index is 11.6. The smallest absolute Gasteiger partial charge is 0.328 e. The highest BCUT2D eigenvalue weighted by atomic mass is 19.3. The van der Waals surface area contributed by atoms with Crippen LogP contribution >= 0.6 is 0 Å². The minimum Gasteiger partial charge on any atom is -0.328 e. The van der Waals surface area contributed by atoms with E-state index in [9.17, 15) is 8.78 Å². The molecule has 0 aliphatic rings. The van der Waals surface area contributed by atoms with Crippen LogP contribution in [0.25, 0.3) is 0 Å². The first-order valence-corrected chi connectivity index (χ1v) is 3.70. The van der Waals surface area contributed by atoms with Crippen LogP contribution in [0.4, 0.5) is 8.78 Å². The summed E-state index contributed by atoms with van der Waals surface area (Å²) < 4.78 is 27.5. The molecule has 0 aromatic heterocycles. The monoisotopic (exact) mass is 167 g/mol. The Bertz CT molecular complexity index is 88.4. The molecular weight excluding hydrogens is 152 g/mol. The van der Waals surface area contributed by atoms with Crippen molar-refractivity contribution < 1.29 is 13.5 Å². The molecule has 0 amide bonds. The van der Waals surface area contributed by atoms with Crippen molar-refractivity contribution in [2.75, 3.05) is 6.54 Å². The highest BCUT2D eigenvalue weighted by Crippen LogP contribution is 2.10. The third kappa shape index (κ3) is 6.19. The van der Waals surface area contributed by atoms with E-state index in [1.54, 1.807) is 0 Å². The number of nitrogens with two attached hydrogens (primary N) is 1. The van der Waals surface area contributed by atoms with E-state index in [0.29, 0.717) is 12.3 Å². The molecule has 4 heteroatoms. The fraction of sp³-hybridized carbons (Fsp3) is 1.00. The Morgan fingerprint density at radius 2 is 1.91 bits per heavy atom. The van der Waals surface area contributed by atoms with E-state index in [1.165, 1.54) is 0 Å². The molecule has 2 N–H and O–H groups in total. The van der Waals surface area contributed by atoms with Crippen LogP contribution in [-0.2, 0) is 4.74 Å². The zero-order valence-electron chi connectivity index (χ0n) is 6.89. The zero-order chi connectivity index (χ0) is 8.85. The average molecular weight is 167 g/mol. The lowest BCUT2D eigenvalue weighted by atomic mass is 10.1. The first kappa shape index (κ1) is 10.8. The number of alkyl halides is 2. The molecule has 0 heterocycles. The predicted molar refractivity (Wildman–Crippen MR) is 39.4 cm³/mol. The van der Waals surface area contributed by atoms with Crippen molar-refractivity contribution in [3.63, 3.8) is 0 Å². The van der Waals surface area contributed by atoms with Gasteiger partial charge in [-0.1, -0.05) is 13.8 Å². The van der Waals surface area contributed by atoms with Gasteiger partial charge in [0.1, 0.15) is 0 Å². The van der Waals surface area contributed by atoms with Crippen LogP contribution in [0.2, 0.25) is 0 Å². The normalized spacial score (nSPS) is 14.5. The summed E-state index contributed by atoms with van der Waals surface area (Å²) in [6, 6.07) is 0. The minimum atomic E-state index is -2.71. The Morgan fingerprint density at radius 3 is 2.18 bits per heavy atom. The lowest BCUT2D eigenvalue weighted by Crippen LogP contribution is -2.27. The first-order valence-electron chi connectivity index (χ1n) is 3.70. The van der Waals surface area contributed by atoms with Crippen LogP contribution in [0.1, 0.15) is 20.3 Å². The molecule has 0 aliphatic carbocycles. The lowest BCUT2D eigenvalue weighted by molar-refractivity contribution is -0.163. The summed E-state index contributed by atoms with van der Waals surface area (Å²) >= 11 is 0. The molecule has 0 fully saturated rings. The first-order chi connectivity index (χ1) is 5.06. The van der Waals surface area contributed by atoms with Crippen LogP contribution in [0.5, 0.6) is 0 Å². The van der Waals surface area contributed by atoms with E-state index in [1.807, 2.05) is 13.8 Å². The molecule has 0 rings (SSSR count). The zero-order valence-corrected chi connectivity index (χ0v) is 6.89. The highest BCUT2D eigenvalue weighted by Gasteiger charge is 2.14.